The van der Waals surface area contributed by atoms with Crippen LogP contribution in [-0.2, 0) is 9.59 Å². The van der Waals surface area contributed by atoms with Gasteiger partial charge in [0.25, 0.3) is 0 Å². The number of anilines is 1. The van der Waals surface area contributed by atoms with Crippen LogP contribution >= 0.6 is 0 Å². The second kappa shape index (κ2) is 3.38. The first-order chi connectivity index (χ1) is 7.08. The van der Waals surface area contributed by atoms with Gasteiger partial charge in [-0.05, 0) is 13.3 Å². The van der Waals surface area contributed by atoms with Crippen LogP contribution in [0, 0.1) is 18.8 Å². The molecule has 0 radical (unpaired) electrons. The molecule has 1 saturated carbocycles. The number of amides is 1. The van der Waals surface area contributed by atoms with Gasteiger partial charge in [0.2, 0.25) is 5.91 Å². The Hall–Kier alpha value is -1.85. The largest absolute Gasteiger partial charge is 0.481 e. The standard InChI is InChI=1S/C9H10N2O4/c1-4-3-15-9(10-4)11-7(12)5-2-6(5)8(13)14/h3,5-6H,2H2,1H3,(H,13,14)(H,10,11,12). The lowest BCUT2D eigenvalue weighted by Gasteiger charge is -1.97. The fourth-order valence-corrected chi connectivity index (χ4v) is 1.37. The lowest BCUT2D eigenvalue weighted by atomic mass is 10.3. The van der Waals surface area contributed by atoms with Gasteiger partial charge in [-0.2, -0.15) is 4.98 Å². The quantitative estimate of drug-likeness (QED) is 0.763. The number of nitrogens with one attached hydrogen (secondary N) is 1. The molecule has 1 aliphatic rings. The number of aromatic nitrogens is 1. The fraction of sp³-hybridized carbons (Fsp3) is 0.444. The van der Waals surface area contributed by atoms with Crippen molar-refractivity contribution < 1.29 is 19.1 Å². The van der Waals surface area contributed by atoms with Crippen molar-refractivity contribution in [1.82, 2.24) is 4.98 Å². The van der Waals surface area contributed by atoms with E-state index < -0.39 is 17.8 Å². The summed E-state index contributed by atoms with van der Waals surface area (Å²) in [4.78, 5) is 25.8. The van der Waals surface area contributed by atoms with Crippen LogP contribution in [0.3, 0.4) is 0 Å². The Morgan fingerprint density at radius 3 is 2.80 bits per heavy atom. The van der Waals surface area contributed by atoms with Crippen LogP contribution in [0.15, 0.2) is 10.7 Å². The lowest BCUT2D eigenvalue weighted by Crippen LogP contribution is -2.16. The van der Waals surface area contributed by atoms with Crippen molar-refractivity contribution in [2.45, 2.75) is 13.3 Å². The van der Waals surface area contributed by atoms with Crippen LogP contribution in [0.5, 0.6) is 0 Å². The molecule has 15 heavy (non-hydrogen) atoms. The number of carboxylic acid groups (broad SMARTS) is 1. The average Bonchev–Trinajstić information content (AvgIpc) is 2.86. The number of nitrogens with zero attached hydrogens (tertiary/aromatic N) is 1. The second-order valence-corrected chi connectivity index (χ2v) is 3.57. The Labute approximate surface area is 85.3 Å². The van der Waals surface area contributed by atoms with Gasteiger partial charge in [-0.1, -0.05) is 0 Å². The van der Waals surface area contributed by atoms with E-state index in [9.17, 15) is 9.59 Å². The Morgan fingerprint density at radius 1 is 1.60 bits per heavy atom. The normalized spacial score (nSPS) is 23.5. The molecule has 0 aromatic carbocycles. The van der Waals surface area contributed by atoms with Gasteiger partial charge in [0.1, 0.15) is 6.26 Å². The van der Waals surface area contributed by atoms with Gasteiger partial charge in [0, 0.05) is 0 Å². The van der Waals surface area contributed by atoms with Gasteiger partial charge in [0.05, 0.1) is 17.5 Å². The molecule has 2 unspecified atom stereocenters. The summed E-state index contributed by atoms with van der Waals surface area (Å²) in [5.41, 5.74) is 0.663. The smallest absolute Gasteiger partial charge is 0.307 e. The average molecular weight is 210 g/mol. The third-order valence-corrected chi connectivity index (χ3v) is 2.29. The van der Waals surface area contributed by atoms with Crippen LogP contribution in [0.2, 0.25) is 0 Å². The SMILES string of the molecule is Cc1coc(NC(=O)C2CC2C(=O)O)n1. The molecule has 0 aliphatic heterocycles. The summed E-state index contributed by atoms with van der Waals surface area (Å²) in [7, 11) is 0. The molecule has 0 spiro atoms. The number of carbonyl (C=O) groups excluding carboxylic acids is 1. The molecule has 1 aromatic heterocycles. The summed E-state index contributed by atoms with van der Waals surface area (Å²) >= 11 is 0. The van der Waals surface area contributed by atoms with Gasteiger partial charge >= 0.3 is 12.0 Å². The van der Waals surface area contributed by atoms with E-state index in [1.54, 1.807) is 6.92 Å². The molecule has 6 heteroatoms. The molecule has 2 atom stereocenters. The van der Waals surface area contributed by atoms with Crippen molar-refractivity contribution in [1.29, 1.82) is 0 Å². The van der Waals surface area contributed by atoms with Crippen LogP contribution < -0.4 is 5.32 Å². The topological polar surface area (TPSA) is 92.4 Å². The van der Waals surface area contributed by atoms with Crippen LogP contribution in [0.1, 0.15) is 12.1 Å². The molecule has 0 saturated heterocycles. The molecular formula is C9H10N2O4. The van der Waals surface area contributed by atoms with Gasteiger partial charge in [-0.15, -0.1) is 0 Å². The molecule has 1 aliphatic carbocycles. The first-order valence-corrected chi connectivity index (χ1v) is 4.53. The summed E-state index contributed by atoms with van der Waals surface area (Å²) in [6.45, 7) is 1.73. The number of hydrogen-bond acceptors (Lipinski definition) is 4. The lowest BCUT2D eigenvalue weighted by molar-refractivity contribution is -0.139. The summed E-state index contributed by atoms with van der Waals surface area (Å²) in [5.74, 6) is -2.28. The number of aryl methyl sites for hydroxylation is 1. The highest BCUT2D eigenvalue weighted by Gasteiger charge is 2.48. The minimum absolute atomic E-state index is 0.119. The van der Waals surface area contributed by atoms with Crippen molar-refractivity contribution >= 4 is 17.9 Å². The van der Waals surface area contributed by atoms with Crippen LogP contribution in [0.4, 0.5) is 6.01 Å². The predicted octanol–water partition coefficient (Wildman–Crippen LogP) is 0.642. The van der Waals surface area contributed by atoms with Crippen molar-refractivity contribution in [3.8, 4) is 0 Å². The Bertz CT molecular complexity index is 412. The van der Waals surface area contributed by atoms with Crippen molar-refractivity contribution in [2.24, 2.45) is 11.8 Å². The van der Waals surface area contributed by atoms with E-state index in [1.807, 2.05) is 0 Å². The van der Waals surface area contributed by atoms with Gasteiger partial charge in [0.15, 0.2) is 0 Å². The molecule has 1 heterocycles. The van der Waals surface area contributed by atoms with E-state index in [1.165, 1.54) is 6.26 Å². The highest BCUT2D eigenvalue weighted by molar-refractivity contribution is 5.96. The van der Waals surface area contributed by atoms with Gasteiger partial charge < -0.3 is 9.52 Å². The molecule has 1 fully saturated rings. The first kappa shape index (κ1) is 9.70. The molecule has 2 rings (SSSR count). The number of carbonyl (C=O) groups is 2. The van der Waals surface area contributed by atoms with Gasteiger partial charge in [-0.25, -0.2) is 0 Å². The number of hydrogen-bond donors (Lipinski definition) is 2. The molecule has 1 aromatic rings. The fourth-order valence-electron chi connectivity index (χ4n) is 1.37. The highest BCUT2D eigenvalue weighted by Crippen LogP contribution is 2.39. The van der Waals surface area contributed by atoms with Crippen LogP contribution in [-0.4, -0.2) is 22.0 Å². The zero-order valence-electron chi connectivity index (χ0n) is 8.06. The van der Waals surface area contributed by atoms with Crippen molar-refractivity contribution in [3.63, 3.8) is 0 Å². The number of oxazole rings is 1. The summed E-state index contributed by atoms with van der Waals surface area (Å²) in [5, 5.41) is 11.1. The maximum absolute atomic E-state index is 11.4. The Morgan fingerprint density at radius 2 is 2.33 bits per heavy atom. The molecular weight excluding hydrogens is 200 g/mol. The second-order valence-electron chi connectivity index (χ2n) is 3.57. The van der Waals surface area contributed by atoms with Gasteiger partial charge in [-0.3, -0.25) is 14.9 Å². The molecule has 1 amide bonds. The molecule has 0 bridgehead atoms. The highest BCUT2D eigenvalue weighted by atomic mass is 16.4. The van der Waals surface area contributed by atoms with Crippen molar-refractivity contribution in [3.05, 3.63) is 12.0 Å². The van der Waals surface area contributed by atoms with Crippen molar-refractivity contribution in [2.75, 3.05) is 5.32 Å². The minimum Gasteiger partial charge on any atom is -0.481 e. The van der Waals surface area contributed by atoms with E-state index in [-0.39, 0.29) is 11.9 Å². The third-order valence-electron chi connectivity index (χ3n) is 2.29. The van der Waals surface area contributed by atoms with E-state index in [0.29, 0.717) is 12.1 Å². The number of aliphatic carboxylic acids is 1. The minimum atomic E-state index is -0.932. The monoisotopic (exact) mass is 210 g/mol. The first-order valence-electron chi connectivity index (χ1n) is 4.53. The Kier molecular flexibility index (Phi) is 2.18. The zero-order chi connectivity index (χ0) is 11.0. The summed E-state index contributed by atoms with van der Waals surface area (Å²) < 4.78 is 4.92. The summed E-state index contributed by atoms with van der Waals surface area (Å²) in [6, 6.07) is 0.119. The number of carboxylic acids is 1. The Balaban J connectivity index is 1.92. The zero-order valence-corrected chi connectivity index (χ0v) is 8.06. The number of rotatable bonds is 3. The predicted molar refractivity (Wildman–Crippen MR) is 49.1 cm³/mol. The van der Waals surface area contributed by atoms with E-state index in [4.69, 9.17) is 9.52 Å². The van der Waals surface area contributed by atoms with E-state index >= 15 is 0 Å². The van der Waals surface area contributed by atoms with Crippen LogP contribution in [0.25, 0.3) is 0 Å². The molecule has 6 nitrogen and oxygen atoms in total. The third kappa shape index (κ3) is 1.98. The summed E-state index contributed by atoms with van der Waals surface area (Å²) in [6.07, 6.45) is 1.80. The molecule has 80 valence electrons. The van der Waals surface area contributed by atoms with E-state index in [2.05, 4.69) is 10.3 Å². The maximum Gasteiger partial charge on any atom is 0.307 e. The maximum atomic E-state index is 11.4. The van der Waals surface area contributed by atoms with E-state index in [0.717, 1.165) is 0 Å². The molecule has 2 N–H and O–H groups in total.